The van der Waals surface area contributed by atoms with Crippen molar-refractivity contribution in [3.8, 4) is 0 Å². The predicted octanol–water partition coefficient (Wildman–Crippen LogP) is 3.07. The standard InChI is InChI=1S/C17H32N4/c1-4-9-20-11-7-6-8-15(12-18-3)17(20)16-13-19-21(14-16)10-5-2/h13-15,17-18H,4-12H2,1-3H3. The van der Waals surface area contributed by atoms with Crippen LogP contribution >= 0.6 is 0 Å². The van der Waals surface area contributed by atoms with Crippen molar-refractivity contribution in [3.05, 3.63) is 18.0 Å². The molecule has 0 bridgehead atoms. The summed E-state index contributed by atoms with van der Waals surface area (Å²) in [6.07, 6.45) is 10.8. The van der Waals surface area contributed by atoms with Gasteiger partial charge in [0.2, 0.25) is 0 Å². The molecular weight excluding hydrogens is 260 g/mol. The summed E-state index contributed by atoms with van der Waals surface area (Å²) in [5.74, 6) is 0.698. The fraction of sp³-hybridized carbons (Fsp3) is 0.824. The number of aromatic nitrogens is 2. The lowest BCUT2D eigenvalue weighted by Crippen LogP contribution is -2.36. The van der Waals surface area contributed by atoms with Crippen LogP contribution in [0.15, 0.2) is 12.4 Å². The Balaban J connectivity index is 2.23. The summed E-state index contributed by atoms with van der Waals surface area (Å²) in [6.45, 7) is 9.05. The Hall–Kier alpha value is -0.870. The number of aryl methyl sites for hydroxylation is 1. The van der Waals surface area contributed by atoms with E-state index < -0.39 is 0 Å². The van der Waals surface area contributed by atoms with E-state index in [4.69, 9.17) is 0 Å². The molecule has 21 heavy (non-hydrogen) atoms. The van der Waals surface area contributed by atoms with Crippen molar-refractivity contribution in [1.82, 2.24) is 20.0 Å². The summed E-state index contributed by atoms with van der Waals surface area (Å²) < 4.78 is 2.11. The van der Waals surface area contributed by atoms with Crippen LogP contribution in [-0.2, 0) is 6.54 Å². The van der Waals surface area contributed by atoms with Gasteiger partial charge in [-0.2, -0.15) is 5.10 Å². The van der Waals surface area contributed by atoms with E-state index in [1.807, 2.05) is 0 Å². The Kier molecular flexibility index (Phi) is 6.71. The molecule has 0 aliphatic carbocycles. The minimum Gasteiger partial charge on any atom is -0.319 e. The third-order valence-electron chi connectivity index (χ3n) is 4.53. The fourth-order valence-corrected chi connectivity index (χ4v) is 3.70. The number of nitrogens with one attached hydrogen (secondary N) is 1. The largest absolute Gasteiger partial charge is 0.319 e. The van der Waals surface area contributed by atoms with E-state index in [1.54, 1.807) is 0 Å². The predicted molar refractivity (Wildman–Crippen MR) is 88.4 cm³/mol. The van der Waals surface area contributed by atoms with E-state index in [1.165, 1.54) is 44.3 Å². The van der Waals surface area contributed by atoms with Crippen molar-refractivity contribution in [2.24, 2.45) is 5.92 Å². The first-order valence-electron chi connectivity index (χ1n) is 8.71. The normalized spacial score (nSPS) is 24.1. The maximum absolute atomic E-state index is 4.57. The van der Waals surface area contributed by atoms with Crippen molar-refractivity contribution in [3.63, 3.8) is 0 Å². The zero-order chi connectivity index (χ0) is 15.1. The van der Waals surface area contributed by atoms with E-state index in [2.05, 4.69) is 53.3 Å². The van der Waals surface area contributed by atoms with Gasteiger partial charge in [0.25, 0.3) is 0 Å². The first kappa shape index (κ1) is 16.5. The van der Waals surface area contributed by atoms with Gasteiger partial charge in [0.1, 0.15) is 0 Å². The second-order valence-corrected chi connectivity index (χ2v) is 6.33. The van der Waals surface area contributed by atoms with Crippen LogP contribution < -0.4 is 5.32 Å². The average molecular weight is 292 g/mol. The number of rotatable bonds is 7. The molecule has 2 rings (SSSR count). The van der Waals surface area contributed by atoms with Gasteiger partial charge in [-0.05, 0) is 58.3 Å². The maximum atomic E-state index is 4.57. The van der Waals surface area contributed by atoms with Gasteiger partial charge in [0.05, 0.1) is 6.20 Å². The summed E-state index contributed by atoms with van der Waals surface area (Å²) in [5.41, 5.74) is 1.42. The Bertz CT molecular complexity index is 385. The zero-order valence-corrected chi connectivity index (χ0v) is 14.0. The molecule has 2 heterocycles. The van der Waals surface area contributed by atoms with Crippen molar-refractivity contribution in [1.29, 1.82) is 0 Å². The molecule has 1 aliphatic rings. The molecule has 4 nitrogen and oxygen atoms in total. The number of hydrogen-bond acceptors (Lipinski definition) is 3. The monoisotopic (exact) mass is 292 g/mol. The summed E-state index contributed by atoms with van der Waals surface area (Å²) in [5, 5.41) is 7.98. The lowest BCUT2D eigenvalue weighted by Gasteiger charge is -2.34. The van der Waals surface area contributed by atoms with Crippen LogP contribution in [0.1, 0.15) is 57.6 Å². The van der Waals surface area contributed by atoms with Crippen molar-refractivity contribution in [2.75, 3.05) is 26.7 Å². The van der Waals surface area contributed by atoms with Crippen LogP contribution in [0.2, 0.25) is 0 Å². The average Bonchev–Trinajstić information content (AvgIpc) is 2.83. The van der Waals surface area contributed by atoms with E-state index in [-0.39, 0.29) is 0 Å². The smallest absolute Gasteiger partial charge is 0.0537 e. The second kappa shape index (κ2) is 8.54. The first-order chi connectivity index (χ1) is 10.3. The first-order valence-corrected chi connectivity index (χ1v) is 8.71. The van der Waals surface area contributed by atoms with Crippen molar-refractivity contribution >= 4 is 0 Å². The van der Waals surface area contributed by atoms with Crippen LogP contribution in [0, 0.1) is 5.92 Å². The van der Waals surface area contributed by atoms with Crippen LogP contribution in [0.4, 0.5) is 0 Å². The minimum absolute atomic E-state index is 0.533. The highest BCUT2D eigenvalue weighted by atomic mass is 15.3. The quantitative estimate of drug-likeness (QED) is 0.838. The van der Waals surface area contributed by atoms with Gasteiger partial charge in [-0.25, -0.2) is 0 Å². The van der Waals surface area contributed by atoms with Gasteiger partial charge in [-0.3, -0.25) is 9.58 Å². The highest BCUT2D eigenvalue weighted by molar-refractivity contribution is 5.13. The number of likely N-dealkylation sites (tertiary alicyclic amines) is 1. The molecule has 1 saturated heterocycles. The van der Waals surface area contributed by atoms with E-state index in [9.17, 15) is 0 Å². The van der Waals surface area contributed by atoms with Crippen LogP contribution in [0.3, 0.4) is 0 Å². The zero-order valence-electron chi connectivity index (χ0n) is 14.0. The molecule has 0 spiro atoms. The van der Waals surface area contributed by atoms with Gasteiger partial charge in [-0.15, -0.1) is 0 Å². The van der Waals surface area contributed by atoms with E-state index in [0.29, 0.717) is 12.0 Å². The maximum Gasteiger partial charge on any atom is 0.0537 e. The van der Waals surface area contributed by atoms with Crippen molar-refractivity contribution < 1.29 is 0 Å². The van der Waals surface area contributed by atoms with Crippen LogP contribution in [-0.4, -0.2) is 41.4 Å². The summed E-state index contributed by atoms with van der Waals surface area (Å²) >= 11 is 0. The second-order valence-electron chi connectivity index (χ2n) is 6.33. The summed E-state index contributed by atoms with van der Waals surface area (Å²) in [6, 6.07) is 0.533. The van der Waals surface area contributed by atoms with Gasteiger partial charge in [0.15, 0.2) is 0 Å². The summed E-state index contributed by atoms with van der Waals surface area (Å²) in [4.78, 5) is 2.70. The van der Waals surface area contributed by atoms with Gasteiger partial charge < -0.3 is 5.32 Å². The molecule has 2 atom stereocenters. The molecule has 1 fully saturated rings. The lowest BCUT2D eigenvalue weighted by atomic mass is 9.90. The Morgan fingerprint density at radius 3 is 2.76 bits per heavy atom. The van der Waals surface area contributed by atoms with Gasteiger partial charge in [-0.1, -0.05) is 20.3 Å². The van der Waals surface area contributed by atoms with Gasteiger partial charge in [0, 0.05) is 24.3 Å². The SMILES string of the molecule is CCCN1CCCCC(CNC)C1c1cnn(CCC)c1. The number of hydrogen-bond donors (Lipinski definition) is 1. The molecule has 0 aromatic carbocycles. The highest BCUT2D eigenvalue weighted by Crippen LogP contribution is 2.34. The van der Waals surface area contributed by atoms with Crippen LogP contribution in [0.25, 0.3) is 0 Å². The molecule has 0 amide bonds. The fourth-order valence-electron chi connectivity index (χ4n) is 3.70. The number of nitrogens with zero attached hydrogens (tertiary/aromatic N) is 3. The third kappa shape index (κ3) is 4.30. The minimum atomic E-state index is 0.533. The lowest BCUT2D eigenvalue weighted by molar-refractivity contribution is 0.154. The molecule has 0 radical (unpaired) electrons. The van der Waals surface area contributed by atoms with Gasteiger partial charge >= 0.3 is 0 Å². The molecule has 0 saturated carbocycles. The molecular formula is C17H32N4. The third-order valence-corrected chi connectivity index (χ3v) is 4.53. The molecule has 120 valence electrons. The Morgan fingerprint density at radius 1 is 1.24 bits per heavy atom. The molecule has 1 aliphatic heterocycles. The Morgan fingerprint density at radius 2 is 2.05 bits per heavy atom. The Labute approximate surface area is 129 Å². The van der Waals surface area contributed by atoms with Crippen LogP contribution in [0.5, 0.6) is 0 Å². The van der Waals surface area contributed by atoms with Crippen molar-refractivity contribution in [2.45, 2.75) is 58.5 Å². The molecule has 1 aromatic heterocycles. The molecule has 4 heteroatoms. The van der Waals surface area contributed by atoms with E-state index in [0.717, 1.165) is 19.5 Å². The molecule has 1 aromatic rings. The van der Waals surface area contributed by atoms with E-state index >= 15 is 0 Å². The topological polar surface area (TPSA) is 33.1 Å². The summed E-state index contributed by atoms with van der Waals surface area (Å²) in [7, 11) is 2.08. The molecule has 1 N–H and O–H groups in total. The highest BCUT2D eigenvalue weighted by Gasteiger charge is 2.31. The molecule has 2 unspecified atom stereocenters.